The SMILES string of the molecule is Cc1ccc(-c2cnc(NC(=O)c3cccc(Cl)c3)n2C)cc1C. The van der Waals surface area contributed by atoms with Crippen LogP contribution in [-0.2, 0) is 7.05 Å². The van der Waals surface area contributed by atoms with Gasteiger partial charge in [-0.05, 0) is 49.2 Å². The molecule has 4 nitrogen and oxygen atoms in total. The maximum absolute atomic E-state index is 12.3. The minimum atomic E-state index is -0.238. The number of hydrogen-bond acceptors (Lipinski definition) is 2. The maximum atomic E-state index is 12.3. The highest BCUT2D eigenvalue weighted by atomic mass is 35.5. The van der Waals surface area contributed by atoms with Gasteiger partial charge in [-0.2, -0.15) is 0 Å². The standard InChI is InChI=1S/C19H18ClN3O/c1-12-7-8-14(9-13(12)2)17-11-21-19(23(17)3)22-18(24)15-5-4-6-16(20)10-15/h4-11H,1-3H3,(H,21,22,24). The van der Waals surface area contributed by atoms with Gasteiger partial charge in [0.1, 0.15) is 0 Å². The zero-order valence-electron chi connectivity index (χ0n) is 13.8. The van der Waals surface area contributed by atoms with Crippen molar-refractivity contribution in [2.24, 2.45) is 7.05 Å². The molecule has 24 heavy (non-hydrogen) atoms. The van der Waals surface area contributed by atoms with Crippen LogP contribution in [0.2, 0.25) is 5.02 Å². The van der Waals surface area contributed by atoms with E-state index in [1.54, 1.807) is 30.5 Å². The first-order chi connectivity index (χ1) is 11.5. The smallest absolute Gasteiger partial charge is 0.258 e. The highest BCUT2D eigenvalue weighted by molar-refractivity contribution is 6.31. The van der Waals surface area contributed by atoms with Crippen LogP contribution in [0, 0.1) is 13.8 Å². The molecule has 1 aromatic heterocycles. The Bertz CT molecular complexity index is 915. The summed E-state index contributed by atoms with van der Waals surface area (Å²) < 4.78 is 1.87. The van der Waals surface area contributed by atoms with E-state index in [2.05, 4.69) is 42.3 Å². The van der Waals surface area contributed by atoms with Gasteiger partial charge in [-0.1, -0.05) is 29.8 Å². The number of halogens is 1. The van der Waals surface area contributed by atoms with E-state index >= 15 is 0 Å². The minimum Gasteiger partial charge on any atom is -0.313 e. The average Bonchev–Trinajstić information content (AvgIpc) is 2.91. The van der Waals surface area contributed by atoms with Crippen molar-refractivity contribution in [2.45, 2.75) is 13.8 Å². The molecule has 3 rings (SSSR count). The lowest BCUT2D eigenvalue weighted by Gasteiger charge is -2.09. The molecule has 1 heterocycles. The van der Waals surface area contributed by atoms with E-state index in [4.69, 9.17) is 11.6 Å². The minimum absolute atomic E-state index is 0.238. The molecule has 0 atom stereocenters. The topological polar surface area (TPSA) is 46.9 Å². The fourth-order valence-corrected chi connectivity index (χ4v) is 2.69. The summed E-state index contributed by atoms with van der Waals surface area (Å²) in [4.78, 5) is 16.7. The molecule has 0 radical (unpaired) electrons. The molecule has 5 heteroatoms. The summed E-state index contributed by atoms with van der Waals surface area (Å²) in [5.41, 5.74) is 4.97. The van der Waals surface area contributed by atoms with Gasteiger partial charge in [0.05, 0.1) is 11.9 Å². The molecular weight excluding hydrogens is 322 g/mol. The monoisotopic (exact) mass is 339 g/mol. The van der Waals surface area contributed by atoms with Crippen molar-refractivity contribution >= 4 is 23.5 Å². The summed E-state index contributed by atoms with van der Waals surface area (Å²) in [6.45, 7) is 4.16. The molecule has 1 N–H and O–H groups in total. The second-order valence-electron chi connectivity index (χ2n) is 5.79. The lowest BCUT2D eigenvalue weighted by molar-refractivity contribution is 0.102. The third-order valence-electron chi connectivity index (χ3n) is 4.10. The molecule has 2 aromatic carbocycles. The Hall–Kier alpha value is -2.59. The molecule has 122 valence electrons. The largest absolute Gasteiger partial charge is 0.313 e. The summed E-state index contributed by atoms with van der Waals surface area (Å²) in [6, 6.07) is 13.1. The van der Waals surface area contributed by atoms with E-state index in [1.165, 1.54) is 11.1 Å². The van der Waals surface area contributed by atoms with Crippen LogP contribution < -0.4 is 5.32 Å². The number of aromatic nitrogens is 2. The fraction of sp³-hybridized carbons (Fsp3) is 0.158. The lowest BCUT2D eigenvalue weighted by Crippen LogP contribution is -2.15. The molecule has 0 fully saturated rings. The van der Waals surface area contributed by atoms with E-state index < -0.39 is 0 Å². The maximum Gasteiger partial charge on any atom is 0.258 e. The average molecular weight is 340 g/mol. The van der Waals surface area contributed by atoms with Crippen LogP contribution in [-0.4, -0.2) is 15.5 Å². The van der Waals surface area contributed by atoms with Gasteiger partial charge in [-0.25, -0.2) is 4.98 Å². The first-order valence-corrected chi connectivity index (χ1v) is 8.00. The van der Waals surface area contributed by atoms with Gasteiger partial charge in [0.2, 0.25) is 5.95 Å². The number of anilines is 1. The Morgan fingerprint density at radius 1 is 1.12 bits per heavy atom. The Morgan fingerprint density at radius 3 is 2.62 bits per heavy atom. The number of carbonyl (C=O) groups is 1. The summed E-state index contributed by atoms with van der Waals surface area (Å²) >= 11 is 5.93. The molecule has 0 unspecified atom stereocenters. The molecular formula is C19H18ClN3O. The van der Waals surface area contributed by atoms with Gasteiger partial charge in [0.15, 0.2) is 0 Å². The van der Waals surface area contributed by atoms with E-state index in [1.807, 2.05) is 11.6 Å². The second kappa shape index (κ2) is 6.49. The highest BCUT2D eigenvalue weighted by Gasteiger charge is 2.13. The zero-order chi connectivity index (χ0) is 17.3. The van der Waals surface area contributed by atoms with E-state index in [9.17, 15) is 4.79 Å². The van der Waals surface area contributed by atoms with Crippen molar-refractivity contribution in [1.29, 1.82) is 0 Å². The van der Waals surface area contributed by atoms with E-state index in [0.717, 1.165) is 11.3 Å². The number of benzene rings is 2. The Labute approximate surface area is 146 Å². The van der Waals surface area contributed by atoms with Gasteiger partial charge < -0.3 is 4.57 Å². The molecule has 0 spiro atoms. The lowest BCUT2D eigenvalue weighted by atomic mass is 10.0. The number of carbonyl (C=O) groups excluding carboxylic acids is 1. The van der Waals surface area contributed by atoms with Gasteiger partial charge in [-0.15, -0.1) is 0 Å². The summed E-state index contributed by atoms with van der Waals surface area (Å²) in [7, 11) is 1.88. The van der Waals surface area contributed by atoms with Crippen LogP contribution in [0.5, 0.6) is 0 Å². The molecule has 0 bridgehead atoms. The van der Waals surface area contributed by atoms with Crippen LogP contribution in [0.15, 0.2) is 48.7 Å². The highest BCUT2D eigenvalue weighted by Crippen LogP contribution is 2.24. The van der Waals surface area contributed by atoms with Crippen molar-refractivity contribution in [1.82, 2.24) is 9.55 Å². The van der Waals surface area contributed by atoms with E-state index in [-0.39, 0.29) is 5.91 Å². The molecule has 0 aliphatic carbocycles. The first-order valence-electron chi connectivity index (χ1n) is 7.62. The predicted octanol–water partition coefficient (Wildman–Crippen LogP) is 4.61. The number of nitrogens with zero attached hydrogens (tertiary/aromatic N) is 2. The Kier molecular flexibility index (Phi) is 4.40. The van der Waals surface area contributed by atoms with Crippen LogP contribution in [0.4, 0.5) is 5.95 Å². The molecule has 0 saturated carbocycles. The number of amides is 1. The molecule has 0 aliphatic rings. The predicted molar refractivity (Wildman–Crippen MR) is 97.5 cm³/mol. The zero-order valence-corrected chi connectivity index (χ0v) is 14.6. The summed E-state index contributed by atoms with van der Waals surface area (Å²) in [6.07, 6.45) is 1.76. The van der Waals surface area contributed by atoms with Crippen molar-refractivity contribution in [3.05, 3.63) is 70.4 Å². The van der Waals surface area contributed by atoms with Crippen molar-refractivity contribution < 1.29 is 4.79 Å². The van der Waals surface area contributed by atoms with E-state index in [0.29, 0.717) is 16.5 Å². The van der Waals surface area contributed by atoms with Crippen LogP contribution in [0.25, 0.3) is 11.3 Å². The first kappa shape index (κ1) is 16.3. The fourth-order valence-electron chi connectivity index (χ4n) is 2.50. The number of aryl methyl sites for hydroxylation is 2. The molecule has 0 saturated heterocycles. The van der Waals surface area contributed by atoms with Crippen LogP contribution in [0.3, 0.4) is 0 Å². The van der Waals surface area contributed by atoms with Crippen molar-refractivity contribution in [3.63, 3.8) is 0 Å². The third-order valence-corrected chi connectivity index (χ3v) is 4.34. The second-order valence-corrected chi connectivity index (χ2v) is 6.23. The van der Waals surface area contributed by atoms with Crippen LogP contribution in [0.1, 0.15) is 21.5 Å². The molecule has 3 aromatic rings. The van der Waals surface area contributed by atoms with Crippen LogP contribution >= 0.6 is 11.6 Å². The quantitative estimate of drug-likeness (QED) is 0.757. The van der Waals surface area contributed by atoms with Gasteiger partial charge >= 0.3 is 0 Å². The molecule has 1 amide bonds. The normalized spacial score (nSPS) is 10.7. The number of rotatable bonds is 3. The Morgan fingerprint density at radius 2 is 1.92 bits per heavy atom. The number of hydrogen-bond donors (Lipinski definition) is 1. The van der Waals surface area contributed by atoms with Crippen molar-refractivity contribution in [2.75, 3.05) is 5.32 Å². The van der Waals surface area contributed by atoms with Gasteiger partial charge in [0, 0.05) is 23.2 Å². The molecule has 0 aliphatic heterocycles. The summed E-state index contributed by atoms with van der Waals surface area (Å²) in [5, 5.41) is 3.35. The van der Waals surface area contributed by atoms with Crippen molar-refractivity contribution in [3.8, 4) is 11.3 Å². The summed E-state index contributed by atoms with van der Waals surface area (Å²) in [5.74, 6) is 0.256. The third kappa shape index (κ3) is 3.19. The Balaban J connectivity index is 1.87. The van der Waals surface area contributed by atoms with Gasteiger partial charge in [-0.3, -0.25) is 10.1 Å². The number of nitrogens with one attached hydrogen (secondary N) is 1. The van der Waals surface area contributed by atoms with Gasteiger partial charge in [0.25, 0.3) is 5.91 Å². The number of imidazole rings is 1.